The normalized spacial score (nSPS) is 13.5. The Balaban J connectivity index is 2.16. The molecule has 0 aliphatic carbocycles. The van der Waals surface area contributed by atoms with Gasteiger partial charge in [-0.2, -0.15) is 23.4 Å². The van der Waals surface area contributed by atoms with Crippen LogP contribution in [0, 0.1) is 0 Å². The van der Waals surface area contributed by atoms with Gasteiger partial charge >= 0.3 is 6.18 Å². The molecule has 2 N–H and O–H groups in total. The minimum atomic E-state index is -4.34. The van der Waals surface area contributed by atoms with Gasteiger partial charge in [0.05, 0.1) is 11.3 Å². The van der Waals surface area contributed by atoms with Crippen LogP contribution in [-0.2, 0) is 6.18 Å². The molecule has 2 rings (SSSR count). The van der Waals surface area contributed by atoms with Crippen LogP contribution >= 0.6 is 0 Å². The van der Waals surface area contributed by atoms with Crippen molar-refractivity contribution >= 4 is 5.69 Å². The van der Waals surface area contributed by atoms with Gasteiger partial charge < -0.3 is 5.73 Å². The molecule has 0 spiro atoms. The number of hydrogen-bond donors (Lipinski definition) is 1. The second-order valence-electron chi connectivity index (χ2n) is 4.42. The van der Waals surface area contributed by atoms with Crippen LogP contribution in [0.5, 0.6) is 0 Å². The topological polar surface area (TPSA) is 50.7 Å². The lowest BCUT2D eigenvalue weighted by molar-refractivity contribution is -0.137. The highest BCUT2D eigenvalue weighted by atomic mass is 19.4. The van der Waals surface area contributed by atoms with Crippen molar-refractivity contribution in [3.8, 4) is 0 Å². The number of halogens is 3. The Morgan fingerprint density at radius 2 is 1.57 bits per heavy atom. The monoisotopic (exact) mass is 293 g/mol. The van der Waals surface area contributed by atoms with E-state index < -0.39 is 17.8 Å². The van der Waals surface area contributed by atoms with Gasteiger partial charge in [-0.05, 0) is 29.8 Å². The van der Waals surface area contributed by atoms with Crippen LogP contribution < -0.4 is 5.73 Å². The molecule has 0 bridgehead atoms. The zero-order valence-corrected chi connectivity index (χ0v) is 11.1. The molecule has 0 aliphatic rings. The maximum Gasteiger partial charge on any atom is 0.416 e. The smallest absolute Gasteiger partial charge is 0.328 e. The number of nitrogens with two attached hydrogens (primary N) is 1. The second kappa shape index (κ2) is 6.49. The number of rotatable bonds is 4. The molecular weight excluding hydrogens is 279 g/mol. The number of alkyl halides is 3. The standard InChI is InChI=1S/C15H14F3N3/c16-15(17,18)12-8-6-11(7-9-12)14(10-19)21-20-13-4-2-1-3-5-13/h1-9,14H,10,19H2. The van der Waals surface area contributed by atoms with E-state index in [0.29, 0.717) is 11.3 Å². The summed E-state index contributed by atoms with van der Waals surface area (Å²) in [6.07, 6.45) is -4.34. The first-order valence-corrected chi connectivity index (χ1v) is 6.34. The van der Waals surface area contributed by atoms with Crippen molar-refractivity contribution in [1.29, 1.82) is 0 Å². The molecule has 110 valence electrons. The summed E-state index contributed by atoms with van der Waals surface area (Å²) in [6.45, 7) is 0.168. The number of nitrogens with zero attached hydrogens (tertiary/aromatic N) is 2. The Bertz CT molecular complexity index is 592. The Kier molecular flexibility index (Phi) is 4.70. The van der Waals surface area contributed by atoms with Crippen LogP contribution in [0.2, 0.25) is 0 Å². The Morgan fingerprint density at radius 3 is 2.10 bits per heavy atom. The molecule has 6 heteroatoms. The molecule has 1 atom stereocenters. The molecule has 3 nitrogen and oxygen atoms in total. The summed E-state index contributed by atoms with van der Waals surface area (Å²) < 4.78 is 37.5. The lowest BCUT2D eigenvalue weighted by Gasteiger charge is -2.11. The molecule has 21 heavy (non-hydrogen) atoms. The van der Waals surface area contributed by atoms with Gasteiger partial charge in [0.1, 0.15) is 6.04 Å². The van der Waals surface area contributed by atoms with Crippen LogP contribution in [0.15, 0.2) is 64.8 Å². The predicted octanol–water partition coefficient (Wildman–Crippen LogP) is 4.49. The minimum Gasteiger partial charge on any atom is -0.328 e. The Morgan fingerprint density at radius 1 is 0.952 bits per heavy atom. The van der Waals surface area contributed by atoms with Gasteiger partial charge in [0, 0.05) is 6.54 Å². The van der Waals surface area contributed by atoms with Crippen LogP contribution in [0.4, 0.5) is 18.9 Å². The van der Waals surface area contributed by atoms with E-state index in [2.05, 4.69) is 10.2 Å². The maximum atomic E-state index is 12.5. The summed E-state index contributed by atoms with van der Waals surface area (Å²) in [5.41, 5.74) is 6.20. The zero-order chi connectivity index (χ0) is 15.3. The fourth-order valence-corrected chi connectivity index (χ4v) is 1.78. The molecule has 0 fully saturated rings. The molecule has 2 aromatic carbocycles. The van der Waals surface area contributed by atoms with E-state index in [4.69, 9.17) is 5.73 Å². The number of benzene rings is 2. The largest absolute Gasteiger partial charge is 0.416 e. The van der Waals surface area contributed by atoms with E-state index in [1.807, 2.05) is 18.2 Å². The fourth-order valence-electron chi connectivity index (χ4n) is 1.78. The SMILES string of the molecule is NCC(N=Nc1ccccc1)c1ccc(C(F)(F)F)cc1. The summed E-state index contributed by atoms with van der Waals surface area (Å²) in [5, 5.41) is 8.14. The van der Waals surface area contributed by atoms with Crippen molar-refractivity contribution in [1.82, 2.24) is 0 Å². The van der Waals surface area contributed by atoms with Crippen molar-refractivity contribution in [2.75, 3.05) is 6.54 Å². The van der Waals surface area contributed by atoms with E-state index in [0.717, 1.165) is 12.1 Å². The molecule has 0 aromatic heterocycles. The van der Waals surface area contributed by atoms with E-state index in [1.165, 1.54) is 12.1 Å². The summed E-state index contributed by atoms with van der Waals surface area (Å²) in [4.78, 5) is 0. The fraction of sp³-hybridized carbons (Fsp3) is 0.200. The highest BCUT2D eigenvalue weighted by molar-refractivity contribution is 5.35. The molecule has 2 aromatic rings. The molecule has 0 saturated carbocycles. The zero-order valence-electron chi connectivity index (χ0n) is 11.1. The summed E-state index contributed by atoms with van der Waals surface area (Å²) in [7, 11) is 0. The third kappa shape index (κ3) is 4.13. The molecule has 0 aliphatic heterocycles. The predicted molar refractivity (Wildman–Crippen MR) is 74.2 cm³/mol. The highest BCUT2D eigenvalue weighted by Crippen LogP contribution is 2.30. The van der Waals surface area contributed by atoms with E-state index in [9.17, 15) is 13.2 Å². The molecule has 0 amide bonds. The number of hydrogen-bond acceptors (Lipinski definition) is 3. The average Bonchev–Trinajstić information content (AvgIpc) is 2.48. The van der Waals surface area contributed by atoms with Crippen LogP contribution in [-0.4, -0.2) is 6.54 Å². The van der Waals surface area contributed by atoms with Gasteiger partial charge in [-0.25, -0.2) is 0 Å². The quantitative estimate of drug-likeness (QED) is 0.830. The summed E-state index contributed by atoms with van der Waals surface area (Å²) in [5.74, 6) is 0. The average molecular weight is 293 g/mol. The van der Waals surface area contributed by atoms with Gasteiger partial charge in [0.15, 0.2) is 0 Å². The third-order valence-corrected chi connectivity index (χ3v) is 2.91. The third-order valence-electron chi connectivity index (χ3n) is 2.91. The van der Waals surface area contributed by atoms with Gasteiger partial charge in [0.2, 0.25) is 0 Å². The van der Waals surface area contributed by atoms with Crippen molar-refractivity contribution in [3.63, 3.8) is 0 Å². The van der Waals surface area contributed by atoms with E-state index in [1.54, 1.807) is 12.1 Å². The maximum absolute atomic E-state index is 12.5. The Labute approximate surface area is 120 Å². The molecular formula is C15H14F3N3. The molecule has 0 saturated heterocycles. The molecule has 0 heterocycles. The minimum absolute atomic E-state index is 0.168. The second-order valence-corrected chi connectivity index (χ2v) is 4.42. The lowest BCUT2D eigenvalue weighted by Crippen LogP contribution is -2.11. The van der Waals surface area contributed by atoms with Gasteiger partial charge in [0.25, 0.3) is 0 Å². The van der Waals surface area contributed by atoms with Crippen molar-refractivity contribution in [2.24, 2.45) is 16.0 Å². The Hall–Kier alpha value is -2.21. The summed E-state index contributed by atoms with van der Waals surface area (Å²) >= 11 is 0. The number of azo groups is 1. The van der Waals surface area contributed by atoms with Crippen LogP contribution in [0.25, 0.3) is 0 Å². The van der Waals surface area contributed by atoms with Crippen LogP contribution in [0.1, 0.15) is 17.2 Å². The first-order valence-electron chi connectivity index (χ1n) is 6.34. The van der Waals surface area contributed by atoms with Gasteiger partial charge in [-0.3, -0.25) is 0 Å². The van der Waals surface area contributed by atoms with Crippen molar-refractivity contribution in [2.45, 2.75) is 12.2 Å². The van der Waals surface area contributed by atoms with E-state index in [-0.39, 0.29) is 6.54 Å². The molecule has 1 unspecified atom stereocenters. The van der Waals surface area contributed by atoms with Gasteiger partial charge in [-0.15, -0.1) is 0 Å². The van der Waals surface area contributed by atoms with Crippen LogP contribution in [0.3, 0.4) is 0 Å². The van der Waals surface area contributed by atoms with E-state index >= 15 is 0 Å². The first-order chi connectivity index (χ1) is 10.0. The lowest BCUT2D eigenvalue weighted by atomic mass is 10.1. The summed E-state index contributed by atoms with van der Waals surface area (Å²) in [6, 6.07) is 13.4. The van der Waals surface area contributed by atoms with Crippen molar-refractivity contribution < 1.29 is 13.2 Å². The van der Waals surface area contributed by atoms with Gasteiger partial charge in [-0.1, -0.05) is 30.3 Å². The first kappa shape index (κ1) is 15.2. The van der Waals surface area contributed by atoms with Crippen molar-refractivity contribution in [3.05, 3.63) is 65.7 Å². The highest BCUT2D eigenvalue weighted by Gasteiger charge is 2.30. The molecule has 0 radical (unpaired) electrons.